The highest BCUT2D eigenvalue weighted by atomic mass is 32.1. The Kier molecular flexibility index (Phi) is 5.93. The van der Waals surface area contributed by atoms with Crippen molar-refractivity contribution in [2.75, 3.05) is 6.54 Å². The maximum atomic E-state index is 11.0. The van der Waals surface area contributed by atoms with E-state index in [1.165, 1.54) is 0 Å². The Morgan fingerprint density at radius 3 is 2.38 bits per heavy atom. The number of carbonyl (C=O) groups is 2. The van der Waals surface area contributed by atoms with Gasteiger partial charge in [0, 0.05) is 6.54 Å². The molecule has 2 atom stereocenters. The predicted molar refractivity (Wildman–Crippen MR) is 53.0 cm³/mol. The van der Waals surface area contributed by atoms with Crippen molar-refractivity contribution >= 4 is 37.1 Å². The third kappa shape index (κ3) is 5.02. The standard InChI is InChI=1S/C6H11NO4S2/c1-2-7-3(8)5(12)11-6(13)4(9)10/h5-6,12-13H,2H2,1H3,(H,7,8)(H,9,10). The van der Waals surface area contributed by atoms with Crippen LogP contribution < -0.4 is 5.32 Å². The van der Waals surface area contributed by atoms with Gasteiger partial charge in [-0.15, -0.1) is 25.3 Å². The second-order valence-corrected chi connectivity index (χ2v) is 3.01. The predicted octanol–water partition coefficient (Wildman–Crippen LogP) is -0.265. The molecule has 0 spiro atoms. The summed E-state index contributed by atoms with van der Waals surface area (Å²) in [5, 5.41) is 10.8. The van der Waals surface area contributed by atoms with E-state index in [2.05, 4.69) is 35.3 Å². The smallest absolute Gasteiger partial charge is 0.343 e. The zero-order valence-corrected chi connectivity index (χ0v) is 8.72. The molecule has 0 aromatic carbocycles. The summed E-state index contributed by atoms with van der Waals surface area (Å²) >= 11 is 7.32. The minimum atomic E-state index is -1.34. The number of carboxylic acids is 1. The van der Waals surface area contributed by atoms with Crippen molar-refractivity contribution in [2.24, 2.45) is 0 Å². The second-order valence-electron chi connectivity index (χ2n) is 2.07. The van der Waals surface area contributed by atoms with Gasteiger partial charge in [0.15, 0.2) is 10.9 Å². The molecular formula is C6H11NO4S2. The minimum absolute atomic E-state index is 0.434. The van der Waals surface area contributed by atoms with E-state index in [0.717, 1.165) is 0 Å². The molecule has 0 aliphatic rings. The van der Waals surface area contributed by atoms with Crippen molar-refractivity contribution in [3.8, 4) is 0 Å². The van der Waals surface area contributed by atoms with Gasteiger partial charge in [0.05, 0.1) is 0 Å². The molecule has 0 rings (SSSR count). The van der Waals surface area contributed by atoms with E-state index in [1.807, 2.05) is 0 Å². The van der Waals surface area contributed by atoms with Crippen LogP contribution in [0.3, 0.4) is 0 Å². The monoisotopic (exact) mass is 225 g/mol. The molecule has 0 heterocycles. The zero-order chi connectivity index (χ0) is 10.4. The SMILES string of the molecule is CCNC(=O)C(S)OC(S)C(=O)O. The average molecular weight is 225 g/mol. The van der Waals surface area contributed by atoms with E-state index in [-0.39, 0.29) is 0 Å². The Bertz CT molecular complexity index is 199. The largest absolute Gasteiger partial charge is 0.479 e. The molecule has 76 valence electrons. The number of carboxylic acid groups (broad SMARTS) is 1. The Labute approximate surface area is 86.7 Å². The van der Waals surface area contributed by atoms with Gasteiger partial charge in [0.25, 0.3) is 5.91 Å². The summed E-state index contributed by atoms with van der Waals surface area (Å²) in [7, 11) is 0. The van der Waals surface area contributed by atoms with Crippen LogP contribution in [0.1, 0.15) is 6.92 Å². The first-order chi connectivity index (χ1) is 5.99. The maximum Gasteiger partial charge on any atom is 0.343 e. The molecule has 1 amide bonds. The van der Waals surface area contributed by atoms with Gasteiger partial charge in [-0.25, -0.2) is 4.79 Å². The number of hydrogen-bond acceptors (Lipinski definition) is 5. The van der Waals surface area contributed by atoms with Gasteiger partial charge in [0.1, 0.15) is 0 Å². The van der Waals surface area contributed by atoms with E-state index < -0.39 is 22.7 Å². The fourth-order valence-electron chi connectivity index (χ4n) is 0.504. The van der Waals surface area contributed by atoms with Crippen molar-refractivity contribution in [2.45, 2.75) is 17.8 Å². The van der Waals surface area contributed by atoms with Crippen molar-refractivity contribution in [3.63, 3.8) is 0 Å². The molecule has 0 bridgehead atoms. The maximum absolute atomic E-state index is 11.0. The van der Waals surface area contributed by atoms with Crippen LogP contribution in [-0.2, 0) is 14.3 Å². The number of hydrogen-bond donors (Lipinski definition) is 4. The molecule has 0 fully saturated rings. The molecule has 0 saturated heterocycles. The molecule has 0 aromatic rings. The van der Waals surface area contributed by atoms with Crippen molar-refractivity contribution in [1.82, 2.24) is 5.32 Å². The van der Waals surface area contributed by atoms with Crippen LogP contribution in [-0.4, -0.2) is 34.4 Å². The summed E-state index contributed by atoms with van der Waals surface area (Å²) in [4.78, 5) is 21.2. The quantitative estimate of drug-likeness (QED) is 0.384. The van der Waals surface area contributed by atoms with Crippen LogP contribution in [0, 0.1) is 0 Å². The lowest BCUT2D eigenvalue weighted by molar-refractivity contribution is -0.147. The highest BCUT2D eigenvalue weighted by Crippen LogP contribution is 2.06. The fourth-order valence-corrected chi connectivity index (χ4v) is 0.934. The Morgan fingerprint density at radius 1 is 1.46 bits per heavy atom. The number of thiol groups is 2. The first-order valence-corrected chi connectivity index (χ1v) is 4.54. The Balaban J connectivity index is 3.92. The van der Waals surface area contributed by atoms with Crippen LogP contribution in [0.2, 0.25) is 0 Å². The molecule has 13 heavy (non-hydrogen) atoms. The van der Waals surface area contributed by atoms with E-state index in [0.29, 0.717) is 6.54 Å². The van der Waals surface area contributed by atoms with Gasteiger partial charge in [-0.2, -0.15) is 0 Å². The summed E-state index contributed by atoms with van der Waals surface area (Å²) in [6.07, 6.45) is 0. The topological polar surface area (TPSA) is 75.6 Å². The first kappa shape index (κ1) is 12.6. The molecule has 0 saturated carbocycles. The Morgan fingerprint density at radius 2 is 2.00 bits per heavy atom. The van der Waals surface area contributed by atoms with Gasteiger partial charge in [-0.05, 0) is 6.92 Å². The summed E-state index contributed by atoms with van der Waals surface area (Å²) in [6, 6.07) is 0. The molecule has 5 nitrogen and oxygen atoms in total. The molecule has 7 heteroatoms. The van der Waals surface area contributed by atoms with E-state index in [4.69, 9.17) is 5.11 Å². The second kappa shape index (κ2) is 6.11. The van der Waals surface area contributed by atoms with Gasteiger partial charge < -0.3 is 15.2 Å². The lowest BCUT2D eigenvalue weighted by atomic mass is 10.6. The summed E-state index contributed by atoms with van der Waals surface area (Å²) in [6.45, 7) is 2.16. The lowest BCUT2D eigenvalue weighted by Gasteiger charge is -2.13. The van der Waals surface area contributed by atoms with Crippen LogP contribution >= 0.6 is 25.3 Å². The van der Waals surface area contributed by atoms with Crippen molar-refractivity contribution < 1.29 is 19.4 Å². The van der Waals surface area contributed by atoms with Gasteiger partial charge in [-0.3, -0.25) is 4.79 Å². The summed E-state index contributed by atoms with van der Waals surface area (Å²) < 4.78 is 4.64. The van der Waals surface area contributed by atoms with Crippen LogP contribution in [0.5, 0.6) is 0 Å². The first-order valence-electron chi connectivity index (χ1n) is 3.51. The summed E-state index contributed by atoms with van der Waals surface area (Å²) in [5.74, 6) is -1.74. The fraction of sp³-hybridized carbons (Fsp3) is 0.667. The number of carbonyl (C=O) groups excluding carboxylic acids is 1. The van der Waals surface area contributed by atoms with E-state index in [9.17, 15) is 9.59 Å². The Hall–Kier alpha value is -0.400. The molecular weight excluding hydrogens is 214 g/mol. The lowest BCUT2D eigenvalue weighted by Crippen LogP contribution is -2.35. The number of aliphatic carboxylic acids is 1. The number of likely N-dealkylation sites (N-methyl/N-ethyl adjacent to an activating group) is 1. The number of ether oxygens (including phenoxy) is 1. The van der Waals surface area contributed by atoms with E-state index >= 15 is 0 Å². The van der Waals surface area contributed by atoms with Gasteiger partial charge in [-0.1, -0.05) is 0 Å². The van der Waals surface area contributed by atoms with Crippen molar-refractivity contribution in [1.29, 1.82) is 0 Å². The highest BCUT2D eigenvalue weighted by Gasteiger charge is 2.21. The van der Waals surface area contributed by atoms with Crippen LogP contribution in [0.25, 0.3) is 0 Å². The normalized spacial score (nSPS) is 14.7. The molecule has 0 radical (unpaired) electrons. The molecule has 0 aliphatic heterocycles. The highest BCUT2D eigenvalue weighted by molar-refractivity contribution is 7.82. The molecule has 0 aliphatic carbocycles. The van der Waals surface area contributed by atoms with E-state index in [1.54, 1.807) is 6.92 Å². The third-order valence-corrected chi connectivity index (χ3v) is 1.74. The summed E-state index contributed by atoms with van der Waals surface area (Å²) in [5.41, 5.74) is -2.45. The van der Waals surface area contributed by atoms with Gasteiger partial charge in [0.2, 0.25) is 0 Å². The number of amides is 1. The number of rotatable bonds is 5. The number of nitrogens with one attached hydrogen (secondary N) is 1. The van der Waals surface area contributed by atoms with Gasteiger partial charge >= 0.3 is 5.97 Å². The molecule has 2 unspecified atom stereocenters. The molecule has 2 N–H and O–H groups in total. The minimum Gasteiger partial charge on any atom is -0.479 e. The van der Waals surface area contributed by atoms with Crippen LogP contribution in [0.4, 0.5) is 0 Å². The third-order valence-electron chi connectivity index (χ3n) is 1.04. The zero-order valence-electron chi connectivity index (χ0n) is 6.93. The molecule has 0 aromatic heterocycles. The van der Waals surface area contributed by atoms with Crippen LogP contribution in [0.15, 0.2) is 0 Å². The average Bonchev–Trinajstić information content (AvgIpc) is 2.04. The van der Waals surface area contributed by atoms with Crippen molar-refractivity contribution in [3.05, 3.63) is 0 Å².